The van der Waals surface area contributed by atoms with Crippen LogP contribution in [0.25, 0.3) is 0 Å². The summed E-state index contributed by atoms with van der Waals surface area (Å²) in [6, 6.07) is 0. The highest BCUT2D eigenvalue weighted by Crippen LogP contribution is 2.28. The van der Waals surface area contributed by atoms with E-state index in [4.69, 9.17) is 9.47 Å². The standard InChI is InChI=1S/C12H25N3O2.HI/c1-13-12(14-6-3-8-16-2)15-7-9-17-10-11-4-5-11;/h11H,3-10H2,1-2H3,(H2,13,14,15);1H. The molecule has 5 nitrogen and oxygen atoms in total. The zero-order valence-corrected chi connectivity index (χ0v) is 13.7. The maximum atomic E-state index is 5.53. The fourth-order valence-electron chi connectivity index (χ4n) is 1.42. The maximum absolute atomic E-state index is 5.53. The van der Waals surface area contributed by atoms with Crippen LogP contribution in [0.1, 0.15) is 19.3 Å². The Balaban J connectivity index is 0.00000289. The lowest BCUT2D eigenvalue weighted by Crippen LogP contribution is -2.39. The Morgan fingerprint density at radius 3 is 2.56 bits per heavy atom. The van der Waals surface area contributed by atoms with Crippen LogP contribution in [0.5, 0.6) is 0 Å². The van der Waals surface area contributed by atoms with E-state index in [1.807, 2.05) is 0 Å². The Kier molecular flexibility index (Phi) is 11.9. The predicted octanol–water partition coefficient (Wildman–Crippen LogP) is 1.23. The average molecular weight is 371 g/mol. The van der Waals surface area contributed by atoms with Crippen molar-refractivity contribution in [2.75, 3.05) is 47.1 Å². The van der Waals surface area contributed by atoms with Gasteiger partial charge in [0.2, 0.25) is 0 Å². The first-order valence-corrected chi connectivity index (χ1v) is 6.38. The molecule has 1 fully saturated rings. The first kappa shape index (κ1) is 17.9. The Morgan fingerprint density at radius 1 is 1.22 bits per heavy atom. The van der Waals surface area contributed by atoms with Crippen molar-refractivity contribution in [2.45, 2.75) is 19.3 Å². The molecule has 0 heterocycles. The highest BCUT2D eigenvalue weighted by Gasteiger charge is 2.20. The van der Waals surface area contributed by atoms with Crippen LogP contribution in [-0.4, -0.2) is 53.0 Å². The minimum atomic E-state index is 0. The summed E-state index contributed by atoms with van der Waals surface area (Å²) in [7, 11) is 3.49. The van der Waals surface area contributed by atoms with Crippen LogP contribution in [0.2, 0.25) is 0 Å². The monoisotopic (exact) mass is 371 g/mol. The predicted molar refractivity (Wildman–Crippen MR) is 84.8 cm³/mol. The fourth-order valence-corrected chi connectivity index (χ4v) is 1.42. The van der Waals surface area contributed by atoms with Gasteiger partial charge in [-0.3, -0.25) is 4.99 Å². The van der Waals surface area contributed by atoms with Crippen molar-refractivity contribution in [3.8, 4) is 0 Å². The lowest BCUT2D eigenvalue weighted by molar-refractivity contribution is 0.129. The molecule has 1 aliphatic carbocycles. The zero-order chi connectivity index (χ0) is 12.3. The van der Waals surface area contributed by atoms with Gasteiger partial charge < -0.3 is 20.1 Å². The van der Waals surface area contributed by atoms with Crippen molar-refractivity contribution in [3.63, 3.8) is 0 Å². The van der Waals surface area contributed by atoms with Crippen LogP contribution in [0, 0.1) is 5.92 Å². The minimum absolute atomic E-state index is 0. The number of halogens is 1. The SMILES string of the molecule is CN=C(NCCCOC)NCCOCC1CC1.I. The molecule has 108 valence electrons. The third kappa shape index (κ3) is 9.90. The number of aliphatic imine (C=N–C) groups is 1. The molecular formula is C12H26IN3O2. The number of hydrogen-bond acceptors (Lipinski definition) is 3. The molecule has 0 aromatic rings. The zero-order valence-electron chi connectivity index (χ0n) is 11.4. The van der Waals surface area contributed by atoms with Gasteiger partial charge in [-0.15, -0.1) is 24.0 Å². The van der Waals surface area contributed by atoms with Gasteiger partial charge in [0.1, 0.15) is 0 Å². The molecule has 1 saturated carbocycles. The molecule has 0 aromatic carbocycles. The van der Waals surface area contributed by atoms with Crippen molar-refractivity contribution in [1.29, 1.82) is 0 Å². The van der Waals surface area contributed by atoms with E-state index >= 15 is 0 Å². The van der Waals surface area contributed by atoms with Crippen LogP contribution >= 0.6 is 24.0 Å². The number of methoxy groups -OCH3 is 1. The molecule has 0 spiro atoms. The van der Waals surface area contributed by atoms with Crippen molar-refractivity contribution in [1.82, 2.24) is 10.6 Å². The summed E-state index contributed by atoms with van der Waals surface area (Å²) < 4.78 is 10.5. The quantitative estimate of drug-likeness (QED) is 0.277. The Hall–Kier alpha value is -0.0800. The normalized spacial score (nSPS) is 15.1. The molecule has 0 unspecified atom stereocenters. The molecule has 18 heavy (non-hydrogen) atoms. The Bertz CT molecular complexity index is 223. The lowest BCUT2D eigenvalue weighted by Gasteiger charge is -2.11. The molecule has 1 aliphatic rings. The second-order valence-electron chi connectivity index (χ2n) is 4.29. The summed E-state index contributed by atoms with van der Waals surface area (Å²) in [5.41, 5.74) is 0. The summed E-state index contributed by atoms with van der Waals surface area (Å²) in [5, 5.41) is 6.43. The molecule has 6 heteroatoms. The van der Waals surface area contributed by atoms with E-state index in [1.54, 1.807) is 14.2 Å². The summed E-state index contributed by atoms with van der Waals surface area (Å²) in [6.45, 7) is 4.11. The molecule has 0 saturated heterocycles. The summed E-state index contributed by atoms with van der Waals surface area (Å²) in [4.78, 5) is 4.13. The third-order valence-electron chi connectivity index (χ3n) is 2.63. The molecule has 2 N–H and O–H groups in total. The number of rotatable bonds is 9. The molecule has 1 rings (SSSR count). The lowest BCUT2D eigenvalue weighted by atomic mass is 10.4. The number of ether oxygens (including phenoxy) is 2. The topological polar surface area (TPSA) is 54.9 Å². The molecule has 0 bridgehead atoms. The first-order valence-electron chi connectivity index (χ1n) is 6.38. The second-order valence-corrected chi connectivity index (χ2v) is 4.29. The van der Waals surface area contributed by atoms with Gasteiger partial charge in [-0.1, -0.05) is 0 Å². The molecule has 0 atom stereocenters. The van der Waals surface area contributed by atoms with Crippen LogP contribution in [-0.2, 0) is 9.47 Å². The smallest absolute Gasteiger partial charge is 0.191 e. The van der Waals surface area contributed by atoms with E-state index in [1.165, 1.54) is 12.8 Å². The number of hydrogen-bond donors (Lipinski definition) is 2. The summed E-state index contributed by atoms with van der Waals surface area (Å²) >= 11 is 0. The molecule has 0 aliphatic heterocycles. The van der Waals surface area contributed by atoms with Gasteiger partial charge in [0.25, 0.3) is 0 Å². The van der Waals surface area contributed by atoms with Gasteiger partial charge in [-0.25, -0.2) is 0 Å². The Morgan fingerprint density at radius 2 is 1.94 bits per heavy atom. The molecule has 0 amide bonds. The second kappa shape index (κ2) is 12.0. The van der Waals surface area contributed by atoms with Gasteiger partial charge in [0, 0.05) is 40.5 Å². The third-order valence-corrected chi connectivity index (χ3v) is 2.63. The average Bonchev–Trinajstić information content (AvgIpc) is 3.15. The van der Waals surface area contributed by atoms with Crippen LogP contribution in [0.3, 0.4) is 0 Å². The number of guanidine groups is 1. The number of nitrogens with one attached hydrogen (secondary N) is 2. The van der Waals surface area contributed by atoms with Gasteiger partial charge in [0.15, 0.2) is 5.96 Å². The van der Waals surface area contributed by atoms with E-state index in [2.05, 4.69) is 15.6 Å². The van der Waals surface area contributed by atoms with Gasteiger partial charge in [-0.2, -0.15) is 0 Å². The van der Waals surface area contributed by atoms with E-state index in [9.17, 15) is 0 Å². The van der Waals surface area contributed by atoms with E-state index in [0.29, 0.717) is 0 Å². The van der Waals surface area contributed by atoms with E-state index < -0.39 is 0 Å². The Labute approximate surface area is 127 Å². The van der Waals surface area contributed by atoms with E-state index in [-0.39, 0.29) is 24.0 Å². The first-order chi connectivity index (χ1) is 8.36. The maximum Gasteiger partial charge on any atom is 0.191 e. The van der Waals surface area contributed by atoms with E-state index in [0.717, 1.165) is 51.2 Å². The van der Waals surface area contributed by atoms with Crippen molar-refractivity contribution in [3.05, 3.63) is 0 Å². The number of nitrogens with zero attached hydrogens (tertiary/aromatic N) is 1. The minimum Gasteiger partial charge on any atom is -0.385 e. The van der Waals surface area contributed by atoms with Crippen molar-refractivity contribution in [2.24, 2.45) is 10.9 Å². The van der Waals surface area contributed by atoms with Crippen molar-refractivity contribution < 1.29 is 9.47 Å². The molecule has 0 radical (unpaired) electrons. The van der Waals surface area contributed by atoms with Gasteiger partial charge in [-0.05, 0) is 25.2 Å². The van der Waals surface area contributed by atoms with Crippen LogP contribution in [0.4, 0.5) is 0 Å². The van der Waals surface area contributed by atoms with Gasteiger partial charge in [0.05, 0.1) is 6.61 Å². The van der Waals surface area contributed by atoms with Crippen LogP contribution < -0.4 is 10.6 Å². The molecule has 0 aromatic heterocycles. The van der Waals surface area contributed by atoms with Gasteiger partial charge >= 0.3 is 0 Å². The fraction of sp³-hybridized carbons (Fsp3) is 0.917. The summed E-state index contributed by atoms with van der Waals surface area (Å²) in [5.74, 6) is 1.66. The van der Waals surface area contributed by atoms with Crippen LogP contribution in [0.15, 0.2) is 4.99 Å². The highest BCUT2D eigenvalue weighted by atomic mass is 127. The summed E-state index contributed by atoms with van der Waals surface area (Å²) in [6.07, 6.45) is 3.67. The highest BCUT2D eigenvalue weighted by molar-refractivity contribution is 14.0. The largest absolute Gasteiger partial charge is 0.385 e. The molecular weight excluding hydrogens is 345 g/mol. The van der Waals surface area contributed by atoms with Crippen molar-refractivity contribution >= 4 is 29.9 Å².